The Bertz CT molecular complexity index is 1100. The molecule has 2 N–H and O–H groups in total. The molecule has 38 heavy (non-hydrogen) atoms. The van der Waals surface area contributed by atoms with Gasteiger partial charge < -0.3 is 19.4 Å². The van der Waals surface area contributed by atoms with Gasteiger partial charge in [0.2, 0.25) is 11.8 Å². The number of carboxylic acid groups (broad SMARTS) is 1. The van der Waals surface area contributed by atoms with E-state index in [-0.39, 0.29) is 54.6 Å². The smallest absolute Gasteiger partial charge is 0.303 e. The van der Waals surface area contributed by atoms with Gasteiger partial charge in [0.15, 0.2) is 0 Å². The van der Waals surface area contributed by atoms with Gasteiger partial charge in [0, 0.05) is 18.9 Å². The van der Waals surface area contributed by atoms with E-state index in [0.29, 0.717) is 44.6 Å². The number of rotatable bonds is 13. The van der Waals surface area contributed by atoms with Crippen molar-refractivity contribution >= 4 is 23.9 Å². The number of nitrogens with zero attached hydrogens (tertiary/aromatic N) is 1. The van der Waals surface area contributed by atoms with Crippen LogP contribution in [0.15, 0.2) is 33.3 Å². The van der Waals surface area contributed by atoms with E-state index < -0.39 is 5.97 Å². The lowest BCUT2D eigenvalue weighted by molar-refractivity contribution is -0.141. The largest absolute Gasteiger partial charge is 0.481 e. The molecule has 1 aromatic rings. The van der Waals surface area contributed by atoms with E-state index in [1.807, 2.05) is 12.1 Å². The van der Waals surface area contributed by atoms with Crippen molar-refractivity contribution in [3.63, 3.8) is 0 Å². The van der Waals surface area contributed by atoms with Crippen LogP contribution in [0, 0.1) is 23.7 Å². The summed E-state index contributed by atoms with van der Waals surface area (Å²) in [7, 11) is 0. The zero-order valence-electron chi connectivity index (χ0n) is 22.8. The first kappa shape index (κ1) is 28.3. The number of likely N-dealkylation sites (tertiary alicyclic amines) is 1. The standard InChI is InChI=1S/C30H41NO7/c1-4-19(14-20-10-11-21(16-32)38-20)9-12-25-27-22(18(2)3)15-23-28(24(27)17-37-25)30(36)31(29(23)35)13-7-5-6-8-26(33)34/h10-11,14,18,23-25,28,32H,4-9,12-13,15-17H2,1-3H3,(H,33,34)/b19-14+/t23-,24+,25-,28-/m1/s1. The highest BCUT2D eigenvalue weighted by molar-refractivity contribution is 6.06. The van der Waals surface area contributed by atoms with Crippen molar-refractivity contribution in [3.05, 3.63) is 40.4 Å². The fourth-order valence-electron chi connectivity index (χ4n) is 6.39. The minimum Gasteiger partial charge on any atom is -0.481 e. The molecule has 0 unspecified atom stereocenters. The summed E-state index contributed by atoms with van der Waals surface area (Å²) in [6.45, 7) is 7.13. The summed E-state index contributed by atoms with van der Waals surface area (Å²) >= 11 is 0. The Balaban J connectivity index is 1.45. The van der Waals surface area contributed by atoms with Crippen molar-refractivity contribution in [2.75, 3.05) is 13.2 Å². The van der Waals surface area contributed by atoms with E-state index in [9.17, 15) is 19.5 Å². The number of ether oxygens (including phenoxy) is 1. The SMILES string of the molecule is CC/C(=C\c1ccc(CO)o1)CC[C@H]1OC[C@H]2C1=C(C(C)C)C[C@H]1C(=O)N(CCCCCC(=O)O)C(=O)[C@H]12. The summed E-state index contributed by atoms with van der Waals surface area (Å²) in [5.74, 6) is -0.165. The number of hydrogen-bond acceptors (Lipinski definition) is 6. The lowest BCUT2D eigenvalue weighted by Gasteiger charge is -2.33. The molecule has 1 aromatic heterocycles. The number of carboxylic acids is 1. The molecule has 4 atom stereocenters. The van der Waals surface area contributed by atoms with Gasteiger partial charge in [-0.2, -0.15) is 0 Å². The van der Waals surface area contributed by atoms with Gasteiger partial charge in [-0.3, -0.25) is 19.3 Å². The van der Waals surface area contributed by atoms with Crippen molar-refractivity contribution in [1.82, 2.24) is 4.90 Å². The number of aliphatic carboxylic acids is 1. The van der Waals surface area contributed by atoms with Gasteiger partial charge in [0.05, 0.1) is 24.5 Å². The highest BCUT2D eigenvalue weighted by Gasteiger charge is 2.56. The summed E-state index contributed by atoms with van der Waals surface area (Å²) in [5.41, 5.74) is 3.74. The molecule has 0 bridgehead atoms. The Morgan fingerprint density at radius 2 is 1.92 bits per heavy atom. The van der Waals surface area contributed by atoms with Crippen LogP contribution >= 0.6 is 0 Å². The van der Waals surface area contributed by atoms with Crippen LogP contribution in [0.3, 0.4) is 0 Å². The van der Waals surface area contributed by atoms with Gasteiger partial charge in [0.25, 0.3) is 0 Å². The zero-order valence-corrected chi connectivity index (χ0v) is 22.8. The highest BCUT2D eigenvalue weighted by atomic mass is 16.5. The number of furan rings is 1. The second kappa shape index (κ2) is 12.4. The molecule has 0 aromatic carbocycles. The minimum atomic E-state index is -0.821. The minimum absolute atomic E-state index is 0.0594. The number of unbranched alkanes of at least 4 members (excludes halogenated alkanes) is 2. The summed E-state index contributed by atoms with van der Waals surface area (Å²) < 4.78 is 12.0. The first-order valence-electron chi connectivity index (χ1n) is 14.1. The van der Waals surface area contributed by atoms with Crippen LogP contribution in [0.25, 0.3) is 6.08 Å². The lowest BCUT2D eigenvalue weighted by Crippen LogP contribution is -2.35. The Hall–Kier alpha value is -2.71. The zero-order chi connectivity index (χ0) is 27.4. The van der Waals surface area contributed by atoms with Crippen molar-refractivity contribution < 1.29 is 33.8 Å². The molecule has 2 saturated heterocycles. The number of imide groups is 1. The van der Waals surface area contributed by atoms with Crippen molar-refractivity contribution in [2.24, 2.45) is 23.7 Å². The van der Waals surface area contributed by atoms with Crippen LogP contribution in [0.1, 0.15) is 83.7 Å². The molecule has 2 amide bonds. The molecule has 0 radical (unpaired) electrons. The first-order valence-corrected chi connectivity index (χ1v) is 14.1. The number of aliphatic hydroxyl groups is 1. The Labute approximate surface area is 224 Å². The number of carbonyl (C=O) groups is 3. The van der Waals surface area contributed by atoms with E-state index in [4.69, 9.17) is 14.3 Å². The molecule has 3 heterocycles. The molecule has 8 heteroatoms. The Morgan fingerprint density at radius 1 is 1.13 bits per heavy atom. The number of fused-ring (bicyclic) bond motifs is 3. The van der Waals surface area contributed by atoms with Crippen LogP contribution in [0.4, 0.5) is 0 Å². The van der Waals surface area contributed by atoms with Crippen LogP contribution in [-0.4, -0.2) is 52.2 Å². The molecular weight excluding hydrogens is 486 g/mol. The average Bonchev–Trinajstić information content (AvgIpc) is 3.58. The van der Waals surface area contributed by atoms with Gasteiger partial charge in [0.1, 0.15) is 18.1 Å². The van der Waals surface area contributed by atoms with E-state index in [2.05, 4.69) is 20.8 Å². The third-order valence-corrected chi connectivity index (χ3v) is 8.37. The molecular formula is C30H41NO7. The molecule has 0 spiro atoms. The lowest BCUT2D eigenvalue weighted by atomic mass is 9.67. The molecule has 1 aliphatic carbocycles. The molecule has 2 aliphatic heterocycles. The van der Waals surface area contributed by atoms with Crippen LogP contribution < -0.4 is 0 Å². The summed E-state index contributed by atoms with van der Waals surface area (Å²) in [4.78, 5) is 39.0. The van der Waals surface area contributed by atoms with E-state index in [1.54, 1.807) is 6.07 Å². The second-order valence-corrected chi connectivity index (χ2v) is 11.1. The summed E-state index contributed by atoms with van der Waals surface area (Å²) in [5, 5.41) is 18.1. The number of carbonyl (C=O) groups excluding carboxylic acids is 2. The predicted octanol–water partition coefficient (Wildman–Crippen LogP) is 4.96. The molecule has 8 nitrogen and oxygen atoms in total. The van der Waals surface area contributed by atoms with E-state index in [1.165, 1.54) is 21.6 Å². The average molecular weight is 528 g/mol. The normalized spacial score (nSPS) is 25.5. The Kier molecular flexibility index (Phi) is 9.26. The van der Waals surface area contributed by atoms with Crippen molar-refractivity contribution in [3.8, 4) is 0 Å². The summed E-state index contributed by atoms with van der Waals surface area (Å²) in [6, 6.07) is 3.64. The molecule has 2 fully saturated rings. The topological polar surface area (TPSA) is 117 Å². The number of amides is 2. The monoisotopic (exact) mass is 527 g/mol. The summed E-state index contributed by atoms with van der Waals surface area (Å²) in [6.07, 6.45) is 7.08. The molecule has 208 valence electrons. The maximum Gasteiger partial charge on any atom is 0.303 e. The van der Waals surface area contributed by atoms with Crippen LogP contribution in [-0.2, 0) is 25.7 Å². The number of hydrogen-bond donors (Lipinski definition) is 2. The fourth-order valence-corrected chi connectivity index (χ4v) is 6.39. The van der Waals surface area contributed by atoms with E-state index in [0.717, 1.165) is 25.0 Å². The third-order valence-electron chi connectivity index (χ3n) is 8.37. The van der Waals surface area contributed by atoms with Gasteiger partial charge in [-0.15, -0.1) is 0 Å². The predicted molar refractivity (Wildman–Crippen MR) is 142 cm³/mol. The Morgan fingerprint density at radius 3 is 2.58 bits per heavy atom. The van der Waals surface area contributed by atoms with Gasteiger partial charge in [-0.1, -0.05) is 38.3 Å². The highest BCUT2D eigenvalue weighted by Crippen LogP contribution is 2.51. The molecule has 0 saturated carbocycles. The van der Waals surface area contributed by atoms with Gasteiger partial charge in [-0.05, 0) is 68.2 Å². The maximum atomic E-state index is 13.5. The van der Waals surface area contributed by atoms with Crippen LogP contribution in [0.2, 0.25) is 0 Å². The van der Waals surface area contributed by atoms with Gasteiger partial charge in [-0.25, -0.2) is 0 Å². The van der Waals surface area contributed by atoms with Crippen molar-refractivity contribution in [1.29, 1.82) is 0 Å². The molecule has 4 rings (SSSR count). The maximum absolute atomic E-state index is 13.5. The van der Waals surface area contributed by atoms with E-state index >= 15 is 0 Å². The third kappa shape index (κ3) is 5.96. The number of aliphatic hydroxyl groups excluding tert-OH is 1. The molecule has 3 aliphatic rings. The van der Waals surface area contributed by atoms with Gasteiger partial charge >= 0.3 is 5.97 Å². The quantitative estimate of drug-likeness (QED) is 0.211. The fraction of sp³-hybridized carbons (Fsp3) is 0.633. The second-order valence-electron chi connectivity index (χ2n) is 11.1. The number of allylic oxidation sites excluding steroid dienone is 2. The first-order chi connectivity index (χ1) is 18.2. The van der Waals surface area contributed by atoms with Crippen LogP contribution in [0.5, 0.6) is 0 Å². The van der Waals surface area contributed by atoms with Crippen molar-refractivity contribution in [2.45, 2.75) is 84.8 Å².